The Balaban J connectivity index is 1.91. The third kappa shape index (κ3) is 4.46. The molecular weight excluding hydrogens is 398 g/mol. The van der Waals surface area contributed by atoms with E-state index in [0.717, 1.165) is 28.7 Å². The fourth-order valence-electron chi connectivity index (χ4n) is 3.50. The molecular formula is C18H30BrN5O2. The lowest BCUT2D eigenvalue weighted by Crippen LogP contribution is -2.49. The lowest BCUT2D eigenvalue weighted by molar-refractivity contribution is -0.134. The zero-order chi connectivity index (χ0) is 19.6. The summed E-state index contributed by atoms with van der Waals surface area (Å²) in [7, 11) is 0. The second kappa shape index (κ2) is 8.52. The van der Waals surface area contributed by atoms with Gasteiger partial charge in [0.1, 0.15) is 6.04 Å². The van der Waals surface area contributed by atoms with Gasteiger partial charge in [0.05, 0.1) is 21.9 Å². The molecule has 146 valence electrons. The van der Waals surface area contributed by atoms with E-state index < -0.39 is 6.04 Å². The van der Waals surface area contributed by atoms with Crippen LogP contribution >= 0.6 is 15.9 Å². The number of likely N-dealkylation sites (tertiary alicyclic amines) is 1. The summed E-state index contributed by atoms with van der Waals surface area (Å²) in [5, 5.41) is 7.58. The summed E-state index contributed by atoms with van der Waals surface area (Å²) in [6.45, 7) is 10.9. The van der Waals surface area contributed by atoms with Gasteiger partial charge < -0.3 is 16.0 Å². The minimum atomic E-state index is -0.454. The minimum Gasteiger partial charge on any atom is -0.352 e. The van der Waals surface area contributed by atoms with Gasteiger partial charge in [0.2, 0.25) is 11.8 Å². The lowest BCUT2D eigenvalue weighted by atomic mass is 9.90. The first-order valence-electron chi connectivity index (χ1n) is 9.19. The first kappa shape index (κ1) is 20.9. The van der Waals surface area contributed by atoms with Crippen LogP contribution < -0.4 is 11.1 Å². The second-order valence-corrected chi connectivity index (χ2v) is 8.15. The summed E-state index contributed by atoms with van der Waals surface area (Å²) >= 11 is 3.50. The Labute approximate surface area is 163 Å². The molecule has 0 radical (unpaired) electrons. The van der Waals surface area contributed by atoms with Crippen molar-refractivity contribution in [3.8, 4) is 0 Å². The van der Waals surface area contributed by atoms with Crippen LogP contribution in [0.2, 0.25) is 0 Å². The third-order valence-corrected chi connectivity index (χ3v) is 6.45. The Bertz CT molecular complexity index is 665. The molecule has 2 heterocycles. The molecule has 1 aliphatic rings. The van der Waals surface area contributed by atoms with Crippen molar-refractivity contribution in [3.05, 3.63) is 15.9 Å². The number of aryl methyl sites for hydroxylation is 1. The van der Waals surface area contributed by atoms with E-state index in [9.17, 15) is 9.59 Å². The fraction of sp³-hybridized carbons (Fsp3) is 0.722. The number of nitrogens with one attached hydrogen (secondary N) is 1. The molecule has 0 spiro atoms. The quantitative estimate of drug-likeness (QED) is 0.750. The predicted octanol–water partition coefficient (Wildman–Crippen LogP) is 1.91. The Kier molecular flexibility index (Phi) is 6.85. The number of nitrogens with zero attached hydrogens (tertiary/aromatic N) is 3. The van der Waals surface area contributed by atoms with Crippen LogP contribution in [0.1, 0.15) is 51.0 Å². The average molecular weight is 428 g/mol. The van der Waals surface area contributed by atoms with Gasteiger partial charge in [-0.1, -0.05) is 0 Å². The van der Waals surface area contributed by atoms with E-state index in [4.69, 9.17) is 5.73 Å². The maximum Gasteiger partial charge on any atom is 0.244 e. The second-order valence-electron chi connectivity index (χ2n) is 7.35. The van der Waals surface area contributed by atoms with Crippen LogP contribution in [0.5, 0.6) is 0 Å². The molecule has 3 atom stereocenters. The smallest absolute Gasteiger partial charge is 0.244 e. The predicted molar refractivity (Wildman–Crippen MR) is 105 cm³/mol. The van der Waals surface area contributed by atoms with Crippen molar-refractivity contribution in [1.29, 1.82) is 0 Å². The molecule has 26 heavy (non-hydrogen) atoms. The topological polar surface area (TPSA) is 93.2 Å². The number of aromatic nitrogens is 2. The number of amides is 2. The summed E-state index contributed by atoms with van der Waals surface area (Å²) in [6, 6.07) is -0.773. The molecule has 8 heteroatoms. The van der Waals surface area contributed by atoms with Crippen molar-refractivity contribution in [3.63, 3.8) is 0 Å². The van der Waals surface area contributed by atoms with Crippen molar-refractivity contribution < 1.29 is 9.59 Å². The molecule has 1 aromatic heterocycles. The molecule has 3 N–H and O–H groups in total. The van der Waals surface area contributed by atoms with E-state index >= 15 is 0 Å². The van der Waals surface area contributed by atoms with Crippen molar-refractivity contribution in [1.82, 2.24) is 20.0 Å². The van der Waals surface area contributed by atoms with Crippen molar-refractivity contribution in [2.24, 2.45) is 11.7 Å². The number of piperidine rings is 1. The molecule has 0 bridgehead atoms. The summed E-state index contributed by atoms with van der Waals surface area (Å²) in [4.78, 5) is 26.5. The maximum absolute atomic E-state index is 12.7. The highest BCUT2D eigenvalue weighted by molar-refractivity contribution is 9.10. The molecule has 1 aromatic rings. The number of halogens is 1. The number of carbonyl (C=O) groups is 2. The molecule has 0 aliphatic carbocycles. The van der Waals surface area contributed by atoms with Gasteiger partial charge in [-0.05, 0) is 69.3 Å². The summed E-state index contributed by atoms with van der Waals surface area (Å²) < 4.78 is 2.70. The van der Waals surface area contributed by atoms with Gasteiger partial charge in [-0.25, -0.2) is 0 Å². The number of hydrogen-bond donors (Lipinski definition) is 2. The number of nitrogens with two attached hydrogens (primary N) is 1. The van der Waals surface area contributed by atoms with Gasteiger partial charge in [0.25, 0.3) is 0 Å². The minimum absolute atomic E-state index is 0.00358. The largest absolute Gasteiger partial charge is 0.352 e. The SMILES string of the molecule is Cc1nn(C(C)C(=O)NC(C)C2CCN(C(=O)C(C)N)CC2)c(C)c1Br. The molecule has 2 amide bonds. The van der Waals surface area contributed by atoms with Gasteiger partial charge >= 0.3 is 0 Å². The molecule has 0 aromatic carbocycles. The standard InChI is InChI=1S/C18H30BrN5O2/c1-10(20)18(26)23-8-6-15(7-9-23)11(2)21-17(25)14(5)24-13(4)16(19)12(3)22-24/h10-11,14-15H,6-9,20H2,1-5H3,(H,21,25). The van der Waals surface area contributed by atoms with Gasteiger partial charge in [-0.15, -0.1) is 0 Å². The Hall–Kier alpha value is -1.41. The number of hydrogen-bond acceptors (Lipinski definition) is 4. The zero-order valence-electron chi connectivity index (χ0n) is 16.3. The normalized spacial score (nSPS) is 19.1. The highest BCUT2D eigenvalue weighted by Gasteiger charge is 2.29. The Morgan fingerprint density at radius 3 is 2.27 bits per heavy atom. The van der Waals surface area contributed by atoms with E-state index in [2.05, 4.69) is 26.3 Å². The Morgan fingerprint density at radius 1 is 1.23 bits per heavy atom. The van der Waals surface area contributed by atoms with Gasteiger partial charge in [-0.2, -0.15) is 5.10 Å². The first-order chi connectivity index (χ1) is 12.1. The Morgan fingerprint density at radius 2 is 1.81 bits per heavy atom. The molecule has 3 unspecified atom stereocenters. The number of carbonyl (C=O) groups excluding carboxylic acids is 2. The zero-order valence-corrected chi connectivity index (χ0v) is 17.8. The van der Waals surface area contributed by atoms with Crippen LogP contribution in [-0.4, -0.2) is 51.7 Å². The molecule has 1 aliphatic heterocycles. The van der Waals surface area contributed by atoms with Crippen molar-refractivity contribution >= 4 is 27.7 Å². The van der Waals surface area contributed by atoms with E-state index in [1.54, 1.807) is 11.6 Å². The number of rotatable bonds is 5. The average Bonchev–Trinajstić information content (AvgIpc) is 2.87. The molecule has 7 nitrogen and oxygen atoms in total. The molecule has 1 fully saturated rings. The molecule has 1 saturated heterocycles. The van der Waals surface area contributed by atoms with Crippen molar-refractivity contribution in [2.75, 3.05) is 13.1 Å². The maximum atomic E-state index is 12.7. The summed E-state index contributed by atoms with van der Waals surface area (Å²) in [5.41, 5.74) is 7.50. The molecule has 0 saturated carbocycles. The van der Waals surface area contributed by atoms with Crippen molar-refractivity contribution in [2.45, 2.75) is 65.6 Å². The van der Waals surface area contributed by atoms with E-state index in [1.807, 2.05) is 32.6 Å². The van der Waals surface area contributed by atoms with E-state index in [1.165, 1.54) is 0 Å². The fourth-order valence-corrected chi connectivity index (χ4v) is 3.76. The first-order valence-corrected chi connectivity index (χ1v) is 9.98. The summed E-state index contributed by atoms with van der Waals surface area (Å²) in [5.74, 6) is 0.323. The summed E-state index contributed by atoms with van der Waals surface area (Å²) in [6.07, 6.45) is 1.75. The highest BCUT2D eigenvalue weighted by Crippen LogP contribution is 2.24. The van der Waals surface area contributed by atoms with Crippen LogP contribution in [-0.2, 0) is 9.59 Å². The monoisotopic (exact) mass is 427 g/mol. The van der Waals surface area contributed by atoms with Crippen LogP contribution in [0.3, 0.4) is 0 Å². The van der Waals surface area contributed by atoms with Crippen LogP contribution in [0.4, 0.5) is 0 Å². The third-order valence-electron chi connectivity index (χ3n) is 5.30. The van der Waals surface area contributed by atoms with E-state index in [-0.39, 0.29) is 23.9 Å². The van der Waals surface area contributed by atoms with E-state index in [0.29, 0.717) is 19.0 Å². The van der Waals surface area contributed by atoms with Gasteiger partial charge in [0.15, 0.2) is 0 Å². The highest BCUT2D eigenvalue weighted by atomic mass is 79.9. The lowest BCUT2D eigenvalue weighted by Gasteiger charge is -2.36. The molecule has 2 rings (SSSR count). The van der Waals surface area contributed by atoms with Crippen LogP contribution in [0.25, 0.3) is 0 Å². The van der Waals surface area contributed by atoms with Crippen LogP contribution in [0, 0.1) is 19.8 Å². The van der Waals surface area contributed by atoms with Gasteiger partial charge in [-0.3, -0.25) is 14.3 Å². The van der Waals surface area contributed by atoms with Crippen LogP contribution in [0.15, 0.2) is 4.47 Å². The van der Waals surface area contributed by atoms with Gasteiger partial charge in [0, 0.05) is 19.1 Å².